The van der Waals surface area contributed by atoms with Crippen LogP contribution in [0.1, 0.15) is 26.1 Å². The molecule has 0 radical (unpaired) electrons. The standard InChI is InChI=1S/C12H23N5/c1-10(2)6-17-12(14-9-15-17)8-16-4-3-11(5-13)7-16/h9-11H,3-8,13H2,1-2H3. The van der Waals surface area contributed by atoms with Crippen LogP contribution in [0.2, 0.25) is 0 Å². The van der Waals surface area contributed by atoms with E-state index < -0.39 is 0 Å². The van der Waals surface area contributed by atoms with Crippen LogP contribution in [0, 0.1) is 11.8 Å². The molecule has 1 fully saturated rings. The second-order valence-corrected chi connectivity index (χ2v) is 5.38. The van der Waals surface area contributed by atoms with E-state index in [-0.39, 0.29) is 0 Å². The van der Waals surface area contributed by atoms with E-state index in [4.69, 9.17) is 5.73 Å². The first-order valence-electron chi connectivity index (χ1n) is 6.48. The molecule has 1 aromatic rings. The number of hydrogen-bond donors (Lipinski definition) is 1. The quantitative estimate of drug-likeness (QED) is 0.819. The van der Waals surface area contributed by atoms with Crippen LogP contribution in [0.5, 0.6) is 0 Å². The molecule has 1 aromatic heterocycles. The minimum absolute atomic E-state index is 0.603. The monoisotopic (exact) mass is 237 g/mol. The summed E-state index contributed by atoms with van der Waals surface area (Å²) in [6, 6.07) is 0. The lowest BCUT2D eigenvalue weighted by Crippen LogP contribution is -2.25. The van der Waals surface area contributed by atoms with Gasteiger partial charge in [0.25, 0.3) is 0 Å². The fraction of sp³-hybridized carbons (Fsp3) is 0.833. The number of hydrogen-bond acceptors (Lipinski definition) is 4. The summed E-state index contributed by atoms with van der Waals surface area (Å²) in [4.78, 5) is 6.79. The molecule has 1 saturated heterocycles. The van der Waals surface area contributed by atoms with Gasteiger partial charge in [-0.15, -0.1) is 0 Å². The summed E-state index contributed by atoms with van der Waals surface area (Å²) in [5.74, 6) is 2.35. The van der Waals surface area contributed by atoms with Gasteiger partial charge >= 0.3 is 0 Å². The lowest BCUT2D eigenvalue weighted by Gasteiger charge is -2.16. The molecule has 1 aliphatic heterocycles. The van der Waals surface area contributed by atoms with Crippen molar-refractivity contribution in [3.63, 3.8) is 0 Å². The number of likely N-dealkylation sites (tertiary alicyclic amines) is 1. The number of nitrogens with two attached hydrogens (primary N) is 1. The van der Waals surface area contributed by atoms with Crippen molar-refractivity contribution in [3.8, 4) is 0 Å². The van der Waals surface area contributed by atoms with Crippen molar-refractivity contribution in [2.24, 2.45) is 17.6 Å². The Kier molecular flexibility index (Phi) is 4.12. The van der Waals surface area contributed by atoms with E-state index in [1.807, 2.05) is 4.68 Å². The van der Waals surface area contributed by atoms with E-state index in [1.54, 1.807) is 6.33 Å². The van der Waals surface area contributed by atoms with Gasteiger partial charge in [0.15, 0.2) is 0 Å². The van der Waals surface area contributed by atoms with E-state index in [0.29, 0.717) is 11.8 Å². The molecule has 1 aliphatic rings. The smallest absolute Gasteiger partial charge is 0.141 e. The maximum atomic E-state index is 5.71. The van der Waals surface area contributed by atoms with Crippen LogP contribution in [-0.4, -0.2) is 39.3 Å². The lowest BCUT2D eigenvalue weighted by molar-refractivity contribution is 0.298. The first-order chi connectivity index (χ1) is 8.19. The van der Waals surface area contributed by atoms with Gasteiger partial charge < -0.3 is 5.73 Å². The summed E-state index contributed by atoms with van der Waals surface area (Å²) < 4.78 is 2.03. The molecule has 2 rings (SSSR count). The van der Waals surface area contributed by atoms with Gasteiger partial charge in [0, 0.05) is 13.1 Å². The summed E-state index contributed by atoms with van der Waals surface area (Å²) in [7, 11) is 0. The fourth-order valence-corrected chi connectivity index (χ4v) is 2.36. The van der Waals surface area contributed by atoms with Gasteiger partial charge in [0.1, 0.15) is 12.2 Å². The molecule has 5 nitrogen and oxygen atoms in total. The largest absolute Gasteiger partial charge is 0.330 e. The van der Waals surface area contributed by atoms with Gasteiger partial charge in [-0.3, -0.25) is 4.90 Å². The van der Waals surface area contributed by atoms with Crippen LogP contribution in [0.25, 0.3) is 0 Å². The summed E-state index contributed by atoms with van der Waals surface area (Å²) in [6.45, 7) is 9.29. The Balaban J connectivity index is 1.92. The van der Waals surface area contributed by atoms with Crippen LogP contribution in [0.4, 0.5) is 0 Å². The molecule has 96 valence electrons. The highest BCUT2D eigenvalue weighted by Crippen LogP contribution is 2.16. The highest BCUT2D eigenvalue weighted by Gasteiger charge is 2.22. The predicted molar refractivity (Wildman–Crippen MR) is 67.3 cm³/mol. The van der Waals surface area contributed by atoms with Gasteiger partial charge in [-0.2, -0.15) is 5.10 Å². The molecule has 0 spiro atoms. The fourth-order valence-electron chi connectivity index (χ4n) is 2.36. The Morgan fingerprint density at radius 1 is 1.53 bits per heavy atom. The van der Waals surface area contributed by atoms with Gasteiger partial charge in [-0.25, -0.2) is 9.67 Å². The second kappa shape index (κ2) is 5.60. The summed E-state index contributed by atoms with van der Waals surface area (Å²) in [6.07, 6.45) is 2.88. The molecule has 0 aromatic carbocycles. The van der Waals surface area contributed by atoms with Crippen molar-refractivity contribution in [3.05, 3.63) is 12.2 Å². The van der Waals surface area contributed by atoms with Crippen molar-refractivity contribution in [2.75, 3.05) is 19.6 Å². The van der Waals surface area contributed by atoms with Crippen LogP contribution >= 0.6 is 0 Å². The summed E-state index contributed by atoms with van der Waals surface area (Å²) in [5.41, 5.74) is 5.71. The Morgan fingerprint density at radius 3 is 3.00 bits per heavy atom. The van der Waals surface area contributed by atoms with E-state index in [2.05, 4.69) is 28.8 Å². The minimum atomic E-state index is 0.603. The van der Waals surface area contributed by atoms with E-state index in [9.17, 15) is 0 Å². The van der Waals surface area contributed by atoms with Crippen molar-refractivity contribution in [2.45, 2.75) is 33.4 Å². The first-order valence-corrected chi connectivity index (χ1v) is 6.48. The van der Waals surface area contributed by atoms with E-state index in [1.165, 1.54) is 6.42 Å². The van der Waals surface area contributed by atoms with Crippen LogP contribution in [-0.2, 0) is 13.1 Å². The molecular formula is C12H23N5. The number of aromatic nitrogens is 3. The molecule has 0 saturated carbocycles. The van der Waals surface area contributed by atoms with Crippen LogP contribution in [0.15, 0.2) is 6.33 Å². The second-order valence-electron chi connectivity index (χ2n) is 5.38. The van der Waals surface area contributed by atoms with Crippen molar-refractivity contribution < 1.29 is 0 Å². The molecule has 5 heteroatoms. The third-order valence-electron chi connectivity index (χ3n) is 3.30. The minimum Gasteiger partial charge on any atom is -0.330 e. The van der Waals surface area contributed by atoms with Gasteiger partial charge in [-0.1, -0.05) is 13.8 Å². The Morgan fingerprint density at radius 2 is 2.35 bits per heavy atom. The topological polar surface area (TPSA) is 60.0 Å². The van der Waals surface area contributed by atoms with Crippen molar-refractivity contribution in [1.29, 1.82) is 0 Å². The normalized spacial score (nSPS) is 21.5. The summed E-state index contributed by atoms with van der Waals surface area (Å²) >= 11 is 0. The highest BCUT2D eigenvalue weighted by molar-refractivity contribution is 4.87. The number of rotatable bonds is 5. The third-order valence-corrected chi connectivity index (χ3v) is 3.30. The predicted octanol–water partition coefficient (Wildman–Crippen LogP) is 0.715. The molecule has 2 heterocycles. The average Bonchev–Trinajstić information content (AvgIpc) is 2.89. The molecule has 1 atom stereocenters. The van der Waals surface area contributed by atoms with Gasteiger partial charge in [-0.05, 0) is 31.3 Å². The van der Waals surface area contributed by atoms with E-state index >= 15 is 0 Å². The van der Waals surface area contributed by atoms with Crippen molar-refractivity contribution in [1.82, 2.24) is 19.7 Å². The van der Waals surface area contributed by atoms with Gasteiger partial charge in [0.2, 0.25) is 0 Å². The molecule has 1 unspecified atom stereocenters. The Hall–Kier alpha value is -0.940. The molecule has 0 amide bonds. The van der Waals surface area contributed by atoms with Crippen LogP contribution in [0.3, 0.4) is 0 Å². The SMILES string of the molecule is CC(C)Cn1ncnc1CN1CCC(CN)C1. The van der Waals surface area contributed by atoms with Gasteiger partial charge in [0.05, 0.1) is 6.54 Å². The zero-order chi connectivity index (χ0) is 12.3. The molecule has 17 heavy (non-hydrogen) atoms. The van der Waals surface area contributed by atoms with Crippen molar-refractivity contribution >= 4 is 0 Å². The average molecular weight is 237 g/mol. The zero-order valence-electron chi connectivity index (χ0n) is 10.8. The maximum Gasteiger partial charge on any atom is 0.141 e. The molecular weight excluding hydrogens is 214 g/mol. The molecule has 0 bridgehead atoms. The first kappa shape index (κ1) is 12.5. The maximum absolute atomic E-state index is 5.71. The van der Waals surface area contributed by atoms with Crippen LogP contribution < -0.4 is 5.73 Å². The zero-order valence-corrected chi connectivity index (χ0v) is 10.8. The Bertz CT molecular complexity index is 346. The number of nitrogens with zero attached hydrogens (tertiary/aromatic N) is 4. The summed E-state index contributed by atoms with van der Waals surface area (Å²) in [5, 5.41) is 4.29. The Labute approximate surface area is 103 Å². The molecule has 0 aliphatic carbocycles. The lowest BCUT2D eigenvalue weighted by atomic mass is 10.1. The van der Waals surface area contributed by atoms with E-state index in [0.717, 1.165) is 38.5 Å². The third kappa shape index (κ3) is 3.26. The molecule has 2 N–H and O–H groups in total. The highest BCUT2D eigenvalue weighted by atomic mass is 15.3.